The highest BCUT2D eigenvalue weighted by Gasteiger charge is 2.30. The van der Waals surface area contributed by atoms with Gasteiger partial charge in [-0.25, -0.2) is 9.13 Å². The summed E-state index contributed by atoms with van der Waals surface area (Å²) in [5, 5.41) is 10.6. The molecule has 0 bridgehead atoms. The van der Waals surface area contributed by atoms with E-state index in [1.807, 2.05) is 42.5 Å². The SMILES string of the molecule is CC/C=C\C/C=C\C/C=C\C/C=C\C/C=C\C/C=C\CCC(=O)OCC(COP(=O)(O)OCC(O)COP(=O)(O)OCC(COC(=O)C/C=C\C/C=C\C/C=C\C/C=C\C/C=C\CC)OC(=O)CCCCCCC/C=C\CCCC)OC(=O)CCCC/C=C\C/C=C\C/C=C\C/C=C\CC. The molecule has 0 aliphatic heterocycles. The average molecular weight is 1430 g/mol. The predicted octanol–water partition coefficient (Wildman–Crippen LogP) is 21.0. The molecule has 0 saturated carbocycles. The van der Waals surface area contributed by atoms with E-state index in [1.54, 1.807) is 6.08 Å². The van der Waals surface area contributed by atoms with Crippen molar-refractivity contribution in [3.8, 4) is 0 Å². The predicted molar refractivity (Wildman–Crippen MR) is 408 cm³/mol. The zero-order chi connectivity index (χ0) is 73.2. The molecule has 3 N–H and O–H groups in total. The van der Waals surface area contributed by atoms with Gasteiger partial charge in [0, 0.05) is 19.3 Å². The second-order valence-electron chi connectivity index (χ2n) is 23.4. The highest BCUT2D eigenvalue weighted by Crippen LogP contribution is 2.45. The van der Waals surface area contributed by atoms with Crippen LogP contribution >= 0.6 is 15.6 Å². The Balaban J connectivity index is 5.53. The van der Waals surface area contributed by atoms with E-state index in [1.165, 1.54) is 6.42 Å². The van der Waals surface area contributed by atoms with Gasteiger partial charge in [0.25, 0.3) is 0 Å². The van der Waals surface area contributed by atoms with Crippen LogP contribution in [0.4, 0.5) is 0 Å². The van der Waals surface area contributed by atoms with Crippen LogP contribution in [0, 0.1) is 0 Å². The maximum absolute atomic E-state index is 13.1. The number of hydrogen-bond acceptors (Lipinski definition) is 15. The smallest absolute Gasteiger partial charge is 0.462 e. The summed E-state index contributed by atoms with van der Waals surface area (Å²) < 4.78 is 68.1. The zero-order valence-corrected chi connectivity index (χ0v) is 62.8. The Bertz CT molecular complexity index is 2670. The molecule has 0 amide bonds. The van der Waals surface area contributed by atoms with E-state index in [4.69, 9.17) is 37.0 Å². The summed E-state index contributed by atoms with van der Waals surface area (Å²) in [5.41, 5.74) is 0. The molecule has 19 heteroatoms. The van der Waals surface area contributed by atoms with Crippen molar-refractivity contribution in [2.75, 3.05) is 39.6 Å². The number of ether oxygens (including phenoxy) is 4. The highest BCUT2D eigenvalue weighted by molar-refractivity contribution is 7.47. The number of aliphatic hydroxyl groups excluding tert-OH is 1. The van der Waals surface area contributed by atoms with E-state index in [-0.39, 0.29) is 25.7 Å². The lowest BCUT2D eigenvalue weighted by molar-refractivity contribution is -0.161. The van der Waals surface area contributed by atoms with Gasteiger partial charge in [0.2, 0.25) is 0 Å². The number of carbonyl (C=O) groups is 4. The van der Waals surface area contributed by atoms with Gasteiger partial charge in [0.05, 0.1) is 32.8 Å². The van der Waals surface area contributed by atoms with E-state index in [9.17, 15) is 43.2 Å². The largest absolute Gasteiger partial charge is 0.472 e. The normalized spacial score (nSPS) is 15.1. The van der Waals surface area contributed by atoms with Crippen molar-refractivity contribution in [3.05, 3.63) is 194 Å². The van der Waals surface area contributed by atoms with Gasteiger partial charge < -0.3 is 33.8 Å². The first kappa shape index (κ1) is 93.9. The van der Waals surface area contributed by atoms with Gasteiger partial charge in [-0.2, -0.15) is 0 Å². The fourth-order valence-corrected chi connectivity index (χ4v) is 10.2. The molecule has 0 aromatic rings. The Morgan fingerprint density at radius 2 is 0.580 bits per heavy atom. The minimum atomic E-state index is -5.02. The van der Waals surface area contributed by atoms with Crippen molar-refractivity contribution in [2.24, 2.45) is 0 Å². The van der Waals surface area contributed by atoms with Crippen LogP contribution in [-0.2, 0) is 65.4 Å². The number of carbonyl (C=O) groups excluding carboxylic acids is 4. The lowest BCUT2D eigenvalue weighted by Crippen LogP contribution is -2.30. The molecule has 17 nitrogen and oxygen atoms in total. The summed E-state index contributed by atoms with van der Waals surface area (Å²) in [4.78, 5) is 72.6. The summed E-state index contributed by atoms with van der Waals surface area (Å²) >= 11 is 0. The van der Waals surface area contributed by atoms with Gasteiger partial charge in [-0.1, -0.05) is 254 Å². The van der Waals surface area contributed by atoms with Crippen LogP contribution in [0.1, 0.15) is 233 Å². The van der Waals surface area contributed by atoms with Gasteiger partial charge in [-0.15, -0.1) is 0 Å². The van der Waals surface area contributed by atoms with E-state index in [2.05, 4.69) is 174 Å². The Labute approximate surface area is 602 Å². The van der Waals surface area contributed by atoms with Crippen molar-refractivity contribution in [1.29, 1.82) is 0 Å². The van der Waals surface area contributed by atoms with Crippen molar-refractivity contribution >= 4 is 39.5 Å². The average Bonchev–Trinajstić information content (AvgIpc) is 0.985. The maximum atomic E-state index is 13.1. The third kappa shape index (κ3) is 70.3. The summed E-state index contributed by atoms with van der Waals surface area (Å²) in [6, 6.07) is 0. The first-order valence-electron chi connectivity index (χ1n) is 36.7. The molecule has 0 aliphatic rings. The van der Waals surface area contributed by atoms with Gasteiger partial charge in [-0.05, 0) is 148 Å². The number of unbranched alkanes of at least 4 members (excludes halogenated alkanes) is 9. The molecule has 562 valence electrons. The number of allylic oxidation sites excluding steroid dienone is 31. The van der Waals surface area contributed by atoms with Crippen molar-refractivity contribution in [3.63, 3.8) is 0 Å². The van der Waals surface area contributed by atoms with Crippen molar-refractivity contribution in [2.45, 2.75) is 251 Å². The number of phosphoric ester groups is 2. The highest BCUT2D eigenvalue weighted by atomic mass is 31.2. The topological polar surface area (TPSA) is 237 Å². The quantitative estimate of drug-likeness (QED) is 0.0169. The third-order valence-electron chi connectivity index (χ3n) is 14.1. The minimum Gasteiger partial charge on any atom is -0.462 e. The monoisotopic (exact) mass is 1430 g/mol. The van der Waals surface area contributed by atoms with Crippen LogP contribution in [-0.4, -0.2) is 96.7 Å². The minimum absolute atomic E-state index is 0.0162. The molecule has 5 unspecified atom stereocenters. The first-order chi connectivity index (χ1) is 48.7. The molecule has 0 heterocycles. The molecule has 0 spiro atoms. The fourth-order valence-electron chi connectivity index (χ4n) is 8.58. The lowest BCUT2D eigenvalue weighted by atomic mass is 10.1. The Morgan fingerprint density at radius 1 is 0.300 bits per heavy atom. The van der Waals surface area contributed by atoms with Crippen LogP contribution < -0.4 is 0 Å². The number of esters is 4. The van der Waals surface area contributed by atoms with Crippen molar-refractivity contribution < 1.29 is 80.2 Å². The molecule has 0 aromatic carbocycles. The standard InChI is InChI=1S/C81H126O17P2/c1-5-9-13-17-21-25-29-32-35-36-37-38-41-43-47-50-54-58-62-66-79(84)92-72-77(98-81(86)68-64-60-56-52-48-44-40-34-31-27-23-19-15-11-7-3)74-96-100(89,90)94-70-75(82)69-93-99(87,88)95-73-76(97-80(85)67-63-59-55-51-45-28-24-20-16-12-8-4)71-91-78(83)65-61-57-53-49-46-42-39-33-30-26-22-18-14-10-6-2/h9-11,13-15,20-27,32-35,37-40,43,46-49,52,54,57-58,61,75-77,82H,5-8,12,16-19,28-31,36,41-42,44-45,50-51,53,55-56,59-60,62-74H2,1-4H3,(H,87,88)(H,89,90)/b13-9-,14-10-,15-11-,24-20-,25-21-,26-22-,27-23-,35-32-,38-37-,39-33-,40-34-,47-43-,49-46-,52-48-,58-54-,61-57-. The molecule has 0 rings (SSSR count). The van der Waals surface area contributed by atoms with Gasteiger partial charge >= 0.3 is 39.5 Å². The molecular formula is C81H126O17P2. The summed E-state index contributed by atoms with van der Waals surface area (Å²) in [5.74, 6) is -2.51. The van der Waals surface area contributed by atoms with E-state index in [0.29, 0.717) is 38.5 Å². The third-order valence-corrected chi connectivity index (χ3v) is 16.0. The Kier molecular flexibility index (Phi) is 67.0. The van der Waals surface area contributed by atoms with Gasteiger partial charge in [-0.3, -0.25) is 37.3 Å². The molecule has 0 aromatic heterocycles. The first-order valence-corrected chi connectivity index (χ1v) is 39.7. The zero-order valence-electron chi connectivity index (χ0n) is 61.0. The van der Waals surface area contributed by atoms with E-state index >= 15 is 0 Å². The van der Waals surface area contributed by atoms with Crippen LogP contribution in [0.15, 0.2) is 194 Å². The number of aliphatic hydroxyl groups is 1. The molecule has 0 fully saturated rings. The molecule has 100 heavy (non-hydrogen) atoms. The van der Waals surface area contributed by atoms with Crippen molar-refractivity contribution in [1.82, 2.24) is 0 Å². The molecule has 0 saturated heterocycles. The maximum Gasteiger partial charge on any atom is 0.472 e. The van der Waals surface area contributed by atoms with Crippen LogP contribution in [0.3, 0.4) is 0 Å². The summed E-state index contributed by atoms with van der Waals surface area (Å²) in [6.45, 7) is 4.16. The fraction of sp³-hybridized carbons (Fsp3) is 0.556. The Hall–Kier alpha value is -6.10. The van der Waals surface area contributed by atoms with Crippen LogP contribution in [0.25, 0.3) is 0 Å². The lowest BCUT2D eigenvalue weighted by Gasteiger charge is -2.21. The number of rotatable bonds is 66. The molecular weight excluding hydrogens is 1310 g/mol. The Morgan fingerprint density at radius 3 is 0.960 bits per heavy atom. The molecule has 0 radical (unpaired) electrons. The molecule has 5 atom stereocenters. The van der Waals surface area contributed by atoms with E-state index in [0.717, 1.165) is 135 Å². The second-order valence-corrected chi connectivity index (χ2v) is 26.3. The number of phosphoric acid groups is 2. The summed E-state index contributed by atoms with van der Waals surface area (Å²) in [7, 11) is -10.0. The van der Waals surface area contributed by atoms with Gasteiger partial charge in [0.15, 0.2) is 12.2 Å². The molecule has 0 aliphatic carbocycles. The second kappa shape index (κ2) is 71.3. The van der Waals surface area contributed by atoms with Crippen LogP contribution in [0.2, 0.25) is 0 Å². The van der Waals surface area contributed by atoms with Gasteiger partial charge in [0.1, 0.15) is 19.3 Å². The van der Waals surface area contributed by atoms with E-state index < -0.39 is 97.5 Å². The summed E-state index contributed by atoms with van der Waals surface area (Å²) in [6.07, 6.45) is 86.4. The van der Waals surface area contributed by atoms with Crippen LogP contribution in [0.5, 0.6) is 0 Å². The number of hydrogen-bond donors (Lipinski definition) is 3.